The number of nitrogens with zero attached hydrogens (tertiary/aromatic N) is 2. The highest BCUT2D eigenvalue weighted by Gasteiger charge is 2.64. The molecule has 6 nitrogen and oxygen atoms in total. The number of carbonyl (C=O) groups is 2. The van der Waals surface area contributed by atoms with Gasteiger partial charge in [0.25, 0.3) is 11.8 Å². The Hall–Kier alpha value is -4.33. The highest BCUT2D eigenvalue weighted by molar-refractivity contribution is 6.17. The number of amides is 2. The van der Waals surface area contributed by atoms with Gasteiger partial charge < -0.3 is 14.2 Å². The average molecular weight is 501 g/mol. The second-order valence-corrected chi connectivity index (χ2v) is 9.30. The fourth-order valence-electron chi connectivity index (χ4n) is 5.53. The Balaban J connectivity index is 1.66. The maximum atomic E-state index is 14.6. The summed E-state index contributed by atoms with van der Waals surface area (Å²) in [6.07, 6.45) is 1.31. The largest absolute Gasteiger partial charge is 0.450 e. The molecule has 0 fully saturated rings. The number of benzene rings is 3. The molecule has 0 bridgehead atoms. The van der Waals surface area contributed by atoms with Gasteiger partial charge in [-0.2, -0.15) is 0 Å². The fourth-order valence-corrected chi connectivity index (χ4v) is 5.53. The zero-order valence-corrected chi connectivity index (χ0v) is 20.0. The van der Waals surface area contributed by atoms with Crippen molar-refractivity contribution in [3.63, 3.8) is 0 Å². The standard InChI is InChI=1S/C29H22F2N2O4/c1-2-3-14-33-27(35)26-24(25(34)19-15-18(30)12-13-23(19)37-26)29(33)20-9-5-7-11-22(20)32(28(29)36)16-17-8-4-6-10-21(17)31/h4-13,15H,2-3,14,16H2,1H3. The van der Waals surface area contributed by atoms with Crippen molar-refractivity contribution in [3.8, 4) is 0 Å². The molecule has 0 radical (unpaired) electrons. The van der Waals surface area contributed by atoms with E-state index in [1.165, 1.54) is 21.9 Å². The lowest BCUT2D eigenvalue weighted by Gasteiger charge is -2.34. The van der Waals surface area contributed by atoms with E-state index in [1.807, 2.05) is 6.92 Å². The Morgan fingerprint density at radius 2 is 1.70 bits per heavy atom. The van der Waals surface area contributed by atoms with Crippen LogP contribution in [0.5, 0.6) is 0 Å². The smallest absolute Gasteiger partial charge is 0.291 e. The predicted molar refractivity (Wildman–Crippen MR) is 133 cm³/mol. The zero-order chi connectivity index (χ0) is 25.9. The number of para-hydroxylation sites is 1. The van der Waals surface area contributed by atoms with Crippen LogP contribution in [0.3, 0.4) is 0 Å². The predicted octanol–water partition coefficient (Wildman–Crippen LogP) is 5.12. The van der Waals surface area contributed by atoms with Crippen molar-refractivity contribution >= 4 is 28.5 Å². The van der Waals surface area contributed by atoms with Crippen molar-refractivity contribution in [1.29, 1.82) is 0 Å². The molecule has 1 spiro atoms. The van der Waals surface area contributed by atoms with Gasteiger partial charge in [-0.3, -0.25) is 14.4 Å². The van der Waals surface area contributed by atoms with Gasteiger partial charge in [-0.25, -0.2) is 8.78 Å². The molecule has 3 aromatic carbocycles. The monoisotopic (exact) mass is 500 g/mol. The zero-order valence-electron chi connectivity index (χ0n) is 20.0. The lowest BCUT2D eigenvalue weighted by Crippen LogP contribution is -2.53. The number of halogens is 2. The molecule has 8 heteroatoms. The Kier molecular flexibility index (Phi) is 5.22. The maximum Gasteiger partial charge on any atom is 0.291 e. The van der Waals surface area contributed by atoms with E-state index in [-0.39, 0.29) is 35.4 Å². The second kappa shape index (κ2) is 8.37. The van der Waals surface area contributed by atoms with Crippen LogP contribution in [0, 0.1) is 11.6 Å². The summed E-state index contributed by atoms with van der Waals surface area (Å²) in [5.74, 6) is -2.47. The molecular formula is C29H22F2N2O4. The van der Waals surface area contributed by atoms with Crippen LogP contribution >= 0.6 is 0 Å². The highest BCUT2D eigenvalue weighted by atomic mass is 19.1. The van der Waals surface area contributed by atoms with Crippen molar-refractivity contribution in [2.24, 2.45) is 0 Å². The van der Waals surface area contributed by atoms with Crippen molar-refractivity contribution < 1.29 is 22.8 Å². The van der Waals surface area contributed by atoms with Crippen molar-refractivity contribution in [3.05, 3.63) is 111 Å². The molecule has 2 amide bonds. The van der Waals surface area contributed by atoms with Crippen LogP contribution in [0.1, 0.15) is 47.0 Å². The molecule has 0 saturated carbocycles. The molecule has 0 N–H and O–H groups in total. The summed E-state index contributed by atoms with van der Waals surface area (Å²) < 4.78 is 34.7. The minimum Gasteiger partial charge on any atom is -0.450 e. The van der Waals surface area contributed by atoms with Crippen molar-refractivity contribution in [1.82, 2.24) is 4.90 Å². The van der Waals surface area contributed by atoms with Gasteiger partial charge in [0, 0.05) is 17.7 Å². The second-order valence-electron chi connectivity index (χ2n) is 9.30. The Morgan fingerprint density at radius 3 is 2.49 bits per heavy atom. The van der Waals surface area contributed by atoms with E-state index in [0.29, 0.717) is 23.2 Å². The van der Waals surface area contributed by atoms with Crippen LogP contribution in [0.25, 0.3) is 11.0 Å². The summed E-state index contributed by atoms with van der Waals surface area (Å²) in [6, 6.07) is 16.5. The van der Waals surface area contributed by atoms with Crippen molar-refractivity contribution in [2.75, 3.05) is 11.4 Å². The first-order chi connectivity index (χ1) is 17.9. The molecule has 4 aromatic rings. The van der Waals surface area contributed by atoms with Gasteiger partial charge in [0.05, 0.1) is 23.2 Å². The van der Waals surface area contributed by atoms with Gasteiger partial charge in [0.15, 0.2) is 11.0 Å². The summed E-state index contributed by atoms with van der Waals surface area (Å²) in [4.78, 5) is 45.0. The van der Waals surface area contributed by atoms with E-state index in [1.54, 1.807) is 42.5 Å². The van der Waals surface area contributed by atoms with E-state index in [4.69, 9.17) is 4.42 Å². The molecular weight excluding hydrogens is 478 g/mol. The lowest BCUT2D eigenvalue weighted by molar-refractivity contribution is -0.126. The van der Waals surface area contributed by atoms with Gasteiger partial charge in [0.2, 0.25) is 5.76 Å². The molecule has 37 heavy (non-hydrogen) atoms. The number of fused-ring (bicyclic) bond motifs is 5. The Labute approximate surface area is 210 Å². The normalized spacial score (nSPS) is 18.2. The van der Waals surface area contributed by atoms with E-state index in [9.17, 15) is 23.2 Å². The molecule has 3 heterocycles. The SMILES string of the molecule is CCCCN1C(=O)c2oc3ccc(F)cc3c(=O)c2C12C(=O)N(Cc1ccccc1F)c1ccccc12. The third kappa shape index (κ3) is 3.11. The van der Waals surface area contributed by atoms with Crippen LogP contribution in [-0.4, -0.2) is 23.3 Å². The summed E-state index contributed by atoms with van der Waals surface area (Å²) in [7, 11) is 0. The minimum atomic E-state index is -1.80. The maximum absolute atomic E-state index is 14.6. The van der Waals surface area contributed by atoms with Crippen LogP contribution < -0.4 is 10.3 Å². The van der Waals surface area contributed by atoms with Crippen LogP contribution in [-0.2, 0) is 16.9 Å². The summed E-state index contributed by atoms with van der Waals surface area (Å²) in [6.45, 7) is 2.05. The third-order valence-electron chi connectivity index (χ3n) is 7.22. The highest BCUT2D eigenvalue weighted by Crippen LogP contribution is 2.53. The molecule has 1 aromatic heterocycles. The van der Waals surface area contributed by atoms with Gasteiger partial charge >= 0.3 is 0 Å². The summed E-state index contributed by atoms with van der Waals surface area (Å²) >= 11 is 0. The Morgan fingerprint density at radius 1 is 0.946 bits per heavy atom. The van der Waals surface area contributed by atoms with E-state index in [0.717, 1.165) is 18.6 Å². The number of hydrogen-bond acceptors (Lipinski definition) is 4. The molecule has 1 atom stereocenters. The molecule has 2 aliphatic rings. The average Bonchev–Trinajstić information content (AvgIpc) is 3.29. The van der Waals surface area contributed by atoms with Gasteiger partial charge in [-0.05, 0) is 36.8 Å². The number of rotatable bonds is 5. The lowest BCUT2D eigenvalue weighted by atomic mass is 9.84. The molecule has 6 rings (SSSR count). The van der Waals surface area contributed by atoms with E-state index < -0.39 is 34.4 Å². The Bertz CT molecular complexity index is 1660. The molecule has 0 aliphatic carbocycles. The first-order valence-electron chi connectivity index (χ1n) is 12.1. The molecule has 186 valence electrons. The van der Waals surface area contributed by atoms with Crippen LogP contribution in [0.2, 0.25) is 0 Å². The summed E-state index contributed by atoms with van der Waals surface area (Å²) in [5, 5.41) is -0.0545. The van der Waals surface area contributed by atoms with E-state index in [2.05, 4.69) is 0 Å². The molecule has 0 saturated heterocycles. The van der Waals surface area contributed by atoms with Gasteiger partial charge in [-0.15, -0.1) is 0 Å². The number of anilines is 1. The minimum absolute atomic E-state index is 0.0545. The summed E-state index contributed by atoms with van der Waals surface area (Å²) in [5.41, 5.74) is -1.31. The van der Waals surface area contributed by atoms with E-state index >= 15 is 0 Å². The number of carbonyl (C=O) groups excluding carboxylic acids is 2. The topological polar surface area (TPSA) is 70.8 Å². The van der Waals surface area contributed by atoms with Gasteiger partial charge in [0.1, 0.15) is 17.2 Å². The third-order valence-corrected chi connectivity index (χ3v) is 7.22. The fraction of sp³-hybridized carbons (Fsp3) is 0.207. The number of unbranched alkanes of at least 4 members (excludes halogenated alkanes) is 1. The quantitative estimate of drug-likeness (QED) is 0.382. The van der Waals surface area contributed by atoms with Crippen molar-refractivity contribution in [2.45, 2.75) is 31.8 Å². The number of hydrogen-bond donors (Lipinski definition) is 0. The first kappa shape index (κ1) is 23.1. The van der Waals surface area contributed by atoms with Crippen LogP contribution in [0.4, 0.5) is 14.5 Å². The van der Waals surface area contributed by atoms with Gasteiger partial charge in [-0.1, -0.05) is 49.7 Å². The van der Waals surface area contributed by atoms with Crippen LogP contribution in [0.15, 0.2) is 75.9 Å². The first-order valence-corrected chi connectivity index (χ1v) is 12.1. The molecule has 2 aliphatic heterocycles. The molecule has 1 unspecified atom stereocenters.